The van der Waals surface area contributed by atoms with Gasteiger partial charge in [0.05, 0.1) is 6.16 Å². The third kappa shape index (κ3) is 7.20. The van der Waals surface area contributed by atoms with E-state index in [4.69, 9.17) is 10.8 Å². The molecule has 0 aliphatic heterocycles. The van der Waals surface area contributed by atoms with E-state index in [1.807, 2.05) is 6.26 Å². The van der Waals surface area contributed by atoms with E-state index in [9.17, 15) is 4.79 Å². The Bertz CT molecular complexity index is 810. The second-order valence-corrected chi connectivity index (χ2v) is 12.2. The van der Waals surface area contributed by atoms with Crippen LogP contribution in [0.5, 0.6) is 0 Å². The van der Waals surface area contributed by atoms with Crippen LogP contribution in [0.4, 0.5) is 0 Å². The van der Waals surface area contributed by atoms with Gasteiger partial charge in [-0.3, -0.25) is 4.79 Å². The minimum atomic E-state index is -1.57. The number of hydrogen-bond acceptors (Lipinski definition) is 3. The lowest BCUT2D eigenvalue weighted by Gasteiger charge is -2.27. The Hall–Kier alpha value is -2.13. The highest BCUT2D eigenvalue weighted by atomic mass is 32.2. The summed E-state index contributed by atoms with van der Waals surface area (Å²) in [5.41, 5.74) is 5.19. The Balaban J connectivity index is 0.000000344. The van der Waals surface area contributed by atoms with Crippen molar-refractivity contribution < 1.29 is 9.90 Å². The maximum Gasteiger partial charge on any atom is 0.320 e. The van der Waals surface area contributed by atoms with Crippen molar-refractivity contribution in [3.8, 4) is 0 Å². The highest BCUT2D eigenvalue weighted by Gasteiger charge is 2.44. The molecule has 0 aliphatic rings. The fourth-order valence-corrected chi connectivity index (χ4v) is 8.64. The summed E-state index contributed by atoms with van der Waals surface area (Å²) < 4.78 is 0. The van der Waals surface area contributed by atoms with Crippen molar-refractivity contribution >= 4 is 40.9 Å². The van der Waals surface area contributed by atoms with Crippen molar-refractivity contribution in [3.05, 3.63) is 91.0 Å². The van der Waals surface area contributed by atoms with Gasteiger partial charge in [-0.15, -0.1) is 0 Å². The number of carbonyl (C=O) groups is 1. The molecule has 1 unspecified atom stereocenters. The lowest BCUT2D eigenvalue weighted by Crippen LogP contribution is -2.33. The van der Waals surface area contributed by atoms with Crippen LogP contribution in [-0.4, -0.2) is 35.3 Å². The van der Waals surface area contributed by atoms with Crippen LogP contribution in [-0.2, 0) is 4.79 Å². The van der Waals surface area contributed by atoms with E-state index in [0.29, 0.717) is 6.42 Å². The van der Waals surface area contributed by atoms with Gasteiger partial charge in [-0.1, -0.05) is 67.9 Å². The number of hydrogen-bond donors (Lipinski definition) is 2. The standard InChI is InChI=1S/C22H24P.C5H11NO2S/c1-2-3-19-23(20-13-7-4-8-14-20,21-15-9-5-10-16-21)22-17-11-6-12-18-22;1-9-3-2-4(6)5(7)8/h4-18H,2-3,19H2,1H3;4H,2-3,6H2,1H3,(H,7,8)/q+1;. The van der Waals surface area contributed by atoms with E-state index >= 15 is 0 Å². The molecule has 3 aromatic rings. The Morgan fingerprint density at radius 2 is 1.28 bits per heavy atom. The molecule has 3 nitrogen and oxygen atoms in total. The smallest absolute Gasteiger partial charge is 0.320 e. The van der Waals surface area contributed by atoms with E-state index in [1.54, 1.807) is 11.8 Å². The van der Waals surface area contributed by atoms with E-state index in [1.165, 1.54) is 34.9 Å². The molecule has 3 rings (SSSR count). The number of rotatable bonds is 10. The van der Waals surface area contributed by atoms with Gasteiger partial charge >= 0.3 is 5.97 Å². The van der Waals surface area contributed by atoms with Gasteiger partial charge in [0.15, 0.2) is 0 Å². The maximum absolute atomic E-state index is 10.1. The van der Waals surface area contributed by atoms with E-state index < -0.39 is 19.3 Å². The van der Waals surface area contributed by atoms with Crippen molar-refractivity contribution in [2.75, 3.05) is 18.2 Å². The van der Waals surface area contributed by atoms with E-state index in [2.05, 4.69) is 97.9 Å². The topological polar surface area (TPSA) is 63.3 Å². The number of carboxylic acid groups (broad SMARTS) is 1. The highest BCUT2D eigenvalue weighted by molar-refractivity contribution is 7.98. The van der Waals surface area contributed by atoms with Crippen molar-refractivity contribution in [1.29, 1.82) is 0 Å². The molecule has 0 aliphatic carbocycles. The molecule has 0 amide bonds. The minimum absolute atomic E-state index is 0.552. The zero-order valence-electron chi connectivity index (χ0n) is 19.1. The minimum Gasteiger partial charge on any atom is -0.480 e. The predicted octanol–water partition coefficient (Wildman–Crippen LogP) is 4.93. The Labute approximate surface area is 197 Å². The van der Waals surface area contributed by atoms with Gasteiger partial charge < -0.3 is 10.8 Å². The van der Waals surface area contributed by atoms with Crippen LogP contribution in [0.2, 0.25) is 0 Å². The zero-order valence-corrected chi connectivity index (χ0v) is 20.8. The lowest BCUT2D eigenvalue weighted by atomic mass is 10.2. The van der Waals surface area contributed by atoms with Crippen LogP contribution in [0.1, 0.15) is 26.2 Å². The van der Waals surface area contributed by atoms with Gasteiger partial charge in [0.1, 0.15) is 29.2 Å². The first-order chi connectivity index (χ1) is 15.6. The Morgan fingerprint density at radius 3 is 1.59 bits per heavy atom. The molecule has 0 fully saturated rings. The fourth-order valence-electron chi connectivity index (χ4n) is 3.65. The number of thioether (sulfide) groups is 1. The second kappa shape index (κ2) is 14.1. The number of unbranched alkanes of at least 4 members (excludes halogenated alkanes) is 1. The van der Waals surface area contributed by atoms with Crippen LogP contribution < -0.4 is 21.6 Å². The van der Waals surface area contributed by atoms with Crippen LogP contribution in [0.25, 0.3) is 0 Å². The molecular formula is C27H35NO2PS+. The molecule has 32 heavy (non-hydrogen) atoms. The number of carboxylic acids is 1. The van der Waals surface area contributed by atoms with Crippen LogP contribution >= 0.6 is 19.0 Å². The molecule has 0 heterocycles. The van der Waals surface area contributed by atoms with E-state index in [0.717, 1.165) is 5.75 Å². The molecule has 3 aromatic carbocycles. The van der Waals surface area contributed by atoms with Crippen LogP contribution in [0.15, 0.2) is 91.0 Å². The number of aliphatic carboxylic acids is 1. The summed E-state index contributed by atoms with van der Waals surface area (Å²) in [4.78, 5) is 10.1. The first-order valence-corrected chi connectivity index (χ1v) is 14.4. The summed E-state index contributed by atoms with van der Waals surface area (Å²) in [6.07, 6.45) is 6.20. The molecule has 0 spiro atoms. The lowest BCUT2D eigenvalue weighted by molar-refractivity contribution is -0.138. The Kier molecular flexibility index (Phi) is 11.5. The first-order valence-electron chi connectivity index (χ1n) is 11.1. The van der Waals surface area contributed by atoms with Gasteiger partial charge in [0.2, 0.25) is 0 Å². The van der Waals surface area contributed by atoms with Crippen molar-refractivity contribution in [3.63, 3.8) is 0 Å². The molecule has 0 saturated carbocycles. The molecule has 1 atom stereocenters. The second-order valence-electron chi connectivity index (χ2n) is 7.62. The molecule has 0 bridgehead atoms. The first kappa shape index (κ1) is 26.1. The van der Waals surface area contributed by atoms with Crippen molar-refractivity contribution in [2.45, 2.75) is 32.2 Å². The van der Waals surface area contributed by atoms with Gasteiger partial charge in [-0.05, 0) is 61.2 Å². The third-order valence-corrected chi connectivity index (χ3v) is 10.6. The van der Waals surface area contributed by atoms with Crippen LogP contribution in [0.3, 0.4) is 0 Å². The predicted molar refractivity (Wildman–Crippen MR) is 144 cm³/mol. The van der Waals surface area contributed by atoms with Gasteiger partial charge in [0.25, 0.3) is 0 Å². The summed E-state index contributed by atoms with van der Waals surface area (Å²) in [6.45, 7) is 2.29. The molecule has 170 valence electrons. The number of nitrogens with two attached hydrogens (primary N) is 1. The summed E-state index contributed by atoms with van der Waals surface area (Å²) >= 11 is 1.60. The van der Waals surface area contributed by atoms with Crippen molar-refractivity contribution in [2.24, 2.45) is 5.73 Å². The molecule has 3 N–H and O–H groups in total. The van der Waals surface area contributed by atoms with Gasteiger partial charge in [0, 0.05) is 0 Å². The largest absolute Gasteiger partial charge is 0.480 e. The SMILES string of the molecule is CCCC[P+](c1ccccc1)(c1ccccc1)c1ccccc1.CSCCC(N)C(=O)O. The Morgan fingerprint density at radius 1 is 0.875 bits per heavy atom. The summed E-state index contributed by atoms with van der Waals surface area (Å²) in [7, 11) is -1.57. The highest BCUT2D eigenvalue weighted by Crippen LogP contribution is 2.55. The quantitative estimate of drug-likeness (QED) is 0.414. The molecular weight excluding hydrogens is 433 g/mol. The van der Waals surface area contributed by atoms with Gasteiger partial charge in [-0.2, -0.15) is 11.8 Å². The third-order valence-electron chi connectivity index (χ3n) is 5.39. The summed E-state index contributed by atoms with van der Waals surface area (Å²) in [6, 6.07) is 32.7. The summed E-state index contributed by atoms with van der Waals surface area (Å²) in [5, 5.41) is 12.7. The van der Waals surface area contributed by atoms with Gasteiger partial charge in [-0.25, -0.2) is 0 Å². The fraction of sp³-hybridized carbons (Fsp3) is 0.296. The molecule has 0 saturated heterocycles. The van der Waals surface area contributed by atoms with E-state index in [-0.39, 0.29) is 0 Å². The average molecular weight is 469 g/mol. The molecule has 0 aromatic heterocycles. The normalized spacial score (nSPS) is 11.8. The van der Waals surface area contributed by atoms with Crippen LogP contribution in [0, 0.1) is 0 Å². The number of benzene rings is 3. The molecule has 0 radical (unpaired) electrons. The zero-order chi connectivity index (χ0) is 23.2. The van der Waals surface area contributed by atoms with Crippen molar-refractivity contribution in [1.82, 2.24) is 0 Å². The summed E-state index contributed by atoms with van der Waals surface area (Å²) in [5.74, 6) is -0.1000. The average Bonchev–Trinajstić information content (AvgIpc) is 2.85. The molecule has 5 heteroatoms. The monoisotopic (exact) mass is 468 g/mol. The maximum atomic E-state index is 10.1.